The zero-order chi connectivity index (χ0) is 21.2. The third-order valence-corrected chi connectivity index (χ3v) is 7.24. The van der Waals surface area contributed by atoms with Crippen molar-refractivity contribution in [1.29, 1.82) is 0 Å². The summed E-state index contributed by atoms with van der Waals surface area (Å²) in [7, 11) is 0. The molecule has 0 bridgehead atoms. The van der Waals surface area contributed by atoms with Crippen molar-refractivity contribution in [2.45, 2.75) is 37.5 Å². The van der Waals surface area contributed by atoms with Crippen molar-refractivity contribution < 1.29 is 14.6 Å². The quantitative estimate of drug-likeness (QED) is 0.540. The van der Waals surface area contributed by atoms with E-state index in [0.29, 0.717) is 34.6 Å². The molecule has 30 heavy (non-hydrogen) atoms. The number of pyridine rings is 1. The molecule has 2 aliphatic carbocycles. The molecule has 5 atom stereocenters. The van der Waals surface area contributed by atoms with Crippen molar-refractivity contribution in [2.24, 2.45) is 16.3 Å². The number of benzene rings is 1. The molecule has 3 aromatic rings. The zero-order valence-corrected chi connectivity index (χ0v) is 16.9. The number of aliphatic hydroxyl groups excluding tert-OH is 2. The second-order valence-electron chi connectivity index (χ2n) is 8.37. The number of nitrogens with zero attached hydrogens (tertiary/aromatic N) is 3. The van der Waals surface area contributed by atoms with Gasteiger partial charge in [-0.1, -0.05) is 23.7 Å². The Morgan fingerprint density at radius 1 is 1.37 bits per heavy atom. The molecular formula is C22H22ClFN4O2. The van der Waals surface area contributed by atoms with E-state index >= 15 is 4.39 Å². The van der Waals surface area contributed by atoms with E-state index in [9.17, 15) is 10.2 Å². The number of halogens is 2. The maximum absolute atomic E-state index is 15.1. The SMILES string of the molecule is C=Nc1cccn1[C@H]1[C@H](O)[C@H](O)C2(CCc3ccc4cc(Cl)c(N)nc4c3F)C[C@H]12. The van der Waals surface area contributed by atoms with E-state index in [2.05, 4.69) is 16.7 Å². The number of hydrogen-bond donors (Lipinski definition) is 3. The van der Waals surface area contributed by atoms with Gasteiger partial charge in [0.1, 0.15) is 23.3 Å². The van der Waals surface area contributed by atoms with E-state index in [-0.39, 0.29) is 23.3 Å². The Morgan fingerprint density at radius 3 is 2.93 bits per heavy atom. The number of aromatic nitrogens is 2. The fraction of sp³-hybridized carbons (Fsp3) is 0.364. The van der Waals surface area contributed by atoms with Gasteiger partial charge in [0.25, 0.3) is 0 Å². The minimum Gasteiger partial charge on any atom is -0.390 e. The lowest BCUT2D eigenvalue weighted by atomic mass is 9.91. The van der Waals surface area contributed by atoms with Gasteiger partial charge in [0.05, 0.1) is 17.2 Å². The molecule has 0 amide bonds. The minimum atomic E-state index is -0.901. The minimum absolute atomic E-state index is 0.0941. The molecule has 0 aliphatic heterocycles. The van der Waals surface area contributed by atoms with Crippen LogP contribution < -0.4 is 5.73 Å². The third kappa shape index (κ3) is 2.69. The molecule has 2 heterocycles. The Hall–Kier alpha value is -2.48. The number of nitrogen functional groups attached to an aromatic ring is 1. The molecule has 0 spiro atoms. The summed E-state index contributed by atoms with van der Waals surface area (Å²) in [6, 6.07) is 8.51. The Morgan fingerprint density at radius 2 is 2.17 bits per heavy atom. The van der Waals surface area contributed by atoms with Gasteiger partial charge in [0.15, 0.2) is 5.82 Å². The van der Waals surface area contributed by atoms with Crippen molar-refractivity contribution in [3.63, 3.8) is 0 Å². The average molecular weight is 429 g/mol. The number of hydrogen-bond acceptors (Lipinski definition) is 5. The summed E-state index contributed by atoms with van der Waals surface area (Å²) in [6.45, 7) is 3.58. The van der Waals surface area contributed by atoms with Gasteiger partial charge in [-0.3, -0.25) is 0 Å². The van der Waals surface area contributed by atoms with Crippen molar-refractivity contribution in [1.82, 2.24) is 9.55 Å². The molecule has 2 saturated carbocycles. The van der Waals surface area contributed by atoms with Crippen LogP contribution in [-0.4, -0.2) is 38.7 Å². The molecule has 2 aromatic heterocycles. The second kappa shape index (κ2) is 6.77. The molecule has 6 nitrogen and oxygen atoms in total. The topological polar surface area (TPSA) is 96.7 Å². The summed E-state index contributed by atoms with van der Waals surface area (Å²) in [5, 5.41) is 22.4. The summed E-state index contributed by atoms with van der Waals surface area (Å²) >= 11 is 5.98. The lowest BCUT2D eigenvalue weighted by molar-refractivity contribution is -0.0194. The monoisotopic (exact) mass is 428 g/mol. The molecule has 8 heteroatoms. The molecule has 5 rings (SSSR count). The van der Waals surface area contributed by atoms with Gasteiger partial charge < -0.3 is 20.5 Å². The predicted octanol–water partition coefficient (Wildman–Crippen LogP) is 3.66. The number of aliphatic imine (C=N–C) groups is 1. The first-order valence-corrected chi connectivity index (χ1v) is 10.3. The van der Waals surface area contributed by atoms with Gasteiger partial charge >= 0.3 is 0 Å². The van der Waals surface area contributed by atoms with E-state index in [1.54, 1.807) is 18.2 Å². The van der Waals surface area contributed by atoms with Crippen LogP contribution in [-0.2, 0) is 6.42 Å². The number of nitrogens with two attached hydrogens (primary N) is 1. The molecule has 2 fully saturated rings. The van der Waals surface area contributed by atoms with Crippen LogP contribution in [0.15, 0.2) is 41.5 Å². The van der Waals surface area contributed by atoms with Crippen LogP contribution in [0, 0.1) is 17.2 Å². The molecule has 2 aliphatic rings. The summed E-state index contributed by atoms with van der Waals surface area (Å²) in [4.78, 5) is 8.10. The third-order valence-electron chi connectivity index (χ3n) is 6.94. The number of aliphatic hydroxyl groups is 2. The molecule has 156 valence electrons. The Kier molecular flexibility index (Phi) is 4.39. The largest absolute Gasteiger partial charge is 0.390 e. The first-order valence-electron chi connectivity index (χ1n) is 9.90. The number of aryl methyl sites for hydroxylation is 1. The predicted molar refractivity (Wildman–Crippen MR) is 115 cm³/mol. The van der Waals surface area contributed by atoms with Crippen molar-refractivity contribution in [2.75, 3.05) is 5.73 Å². The number of rotatable bonds is 5. The highest BCUT2D eigenvalue weighted by molar-refractivity contribution is 6.33. The van der Waals surface area contributed by atoms with E-state index < -0.39 is 23.4 Å². The van der Waals surface area contributed by atoms with Crippen LogP contribution in [0.2, 0.25) is 5.02 Å². The van der Waals surface area contributed by atoms with Gasteiger partial charge in [-0.25, -0.2) is 14.4 Å². The van der Waals surface area contributed by atoms with Crippen LogP contribution in [0.3, 0.4) is 0 Å². The van der Waals surface area contributed by atoms with Crippen LogP contribution in [0.5, 0.6) is 0 Å². The van der Waals surface area contributed by atoms with Gasteiger partial charge in [-0.05, 0) is 55.7 Å². The van der Waals surface area contributed by atoms with Crippen LogP contribution in [0.1, 0.15) is 24.4 Å². The highest BCUT2D eigenvalue weighted by Crippen LogP contribution is 2.70. The van der Waals surface area contributed by atoms with E-state index in [0.717, 1.165) is 6.42 Å². The summed E-state index contributed by atoms with van der Waals surface area (Å²) in [6.07, 6.45) is 1.85. The smallest absolute Gasteiger partial charge is 0.152 e. The number of fused-ring (bicyclic) bond motifs is 2. The molecular weight excluding hydrogens is 407 g/mol. The highest BCUT2D eigenvalue weighted by Gasteiger charge is 2.70. The molecule has 0 radical (unpaired) electrons. The normalized spacial score (nSPS) is 29.9. The molecule has 1 aromatic carbocycles. The zero-order valence-electron chi connectivity index (χ0n) is 16.2. The van der Waals surface area contributed by atoms with Gasteiger partial charge in [-0.2, -0.15) is 0 Å². The maximum atomic E-state index is 15.1. The lowest BCUT2D eigenvalue weighted by Gasteiger charge is -2.25. The first kappa shape index (κ1) is 19.5. The second-order valence-corrected chi connectivity index (χ2v) is 8.77. The van der Waals surface area contributed by atoms with E-state index in [1.807, 2.05) is 22.9 Å². The van der Waals surface area contributed by atoms with Crippen LogP contribution >= 0.6 is 11.6 Å². The molecule has 4 N–H and O–H groups in total. The van der Waals surface area contributed by atoms with E-state index in [4.69, 9.17) is 17.3 Å². The molecule has 0 saturated heterocycles. The van der Waals surface area contributed by atoms with Crippen LogP contribution in [0.4, 0.5) is 16.0 Å². The van der Waals surface area contributed by atoms with Crippen LogP contribution in [0.25, 0.3) is 10.9 Å². The van der Waals surface area contributed by atoms with Gasteiger partial charge in [-0.15, -0.1) is 0 Å². The fourth-order valence-corrected chi connectivity index (χ4v) is 5.44. The van der Waals surface area contributed by atoms with Crippen molar-refractivity contribution in [3.05, 3.63) is 52.9 Å². The Balaban J connectivity index is 1.40. The first-order chi connectivity index (χ1) is 14.4. The van der Waals surface area contributed by atoms with E-state index in [1.165, 1.54) is 0 Å². The number of anilines is 1. The average Bonchev–Trinajstić information content (AvgIpc) is 3.17. The Bertz CT molecular complexity index is 1170. The van der Waals surface area contributed by atoms with Crippen molar-refractivity contribution in [3.8, 4) is 0 Å². The summed E-state index contributed by atoms with van der Waals surface area (Å²) < 4.78 is 17.0. The summed E-state index contributed by atoms with van der Waals surface area (Å²) in [5.74, 6) is 0.442. The maximum Gasteiger partial charge on any atom is 0.152 e. The fourth-order valence-electron chi connectivity index (χ4n) is 5.28. The Labute approximate surface area is 177 Å². The summed E-state index contributed by atoms with van der Waals surface area (Å²) in [5.41, 5.74) is 6.01. The van der Waals surface area contributed by atoms with Gasteiger partial charge in [0.2, 0.25) is 0 Å². The van der Waals surface area contributed by atoms with Crippen molar-refractivity contribution >= 4 is 40.9 Å². The standard InChI is InChI=1S/C22H22ClFN4O2/c1-26-15-3-2-8-28(15)18-13-10-22(13,20(30)19(18)29)7-6-11-4-5-12-9-14(23)21(25)27-17(12)16(11)24/h2-5,8-9,13,18-20,29-30H,1,6-7,10H2,(H2,25,27)/t13-,18-,19+,20+,22?/m1/s1. The lowest BCUT2D eigenvalue weighted by Crippen LogP contribution is -2.34. The highest BCUT2D eigenvalue weighted by atomic mass is 35.5. The molecule has 1 unspecified atom stereocenters. The van der Waals surface area contributed by atoms with Gasteiger partial charge in [0, 0.05) is 17.0 Å².